The number of carbonyl (C=O) groups excluding carboxylic acids is 1. The summed E-state index contributed by atoms with van der Waals surface area (Å²) in [5, 5.41) is 0. The van der Waals surface area contributed by atoms with Gasteiger partial charge < -0.3 is 15.4 Å². The van der Waals surface area contributed by atoms with Crippen molar-refractivity contribution >= 4 is 11.6 Å². The Morgan fingerprint density at radius 1 is 1.18 bits per heavy atom. The molecule has 0 aliphatic heterocycles. The lowest BCUT2D eigenvalue weighted by molar-refractivity contribution is 0.0785. The highest BCUT2D eigenvalue weighted by Gasteiger charge is 2.12. The van der Waals surface area contributed by atoms with Crippen LogP contribution in [0.1, 0.15) is 29.8 Å². The van der Waals surface area contributed by atoms with Crippen molar-refractivity contribution in [3.8, 4) is 5.75 Å². The molecule has 0 atom stereocenters. The van der Waals surface area contributed by atoms with Crippen LogP contribution in [0, 0.1) is 0 Å². The molecule has 1 amide bonds. The third kappa shape index (κ3) is 4.25. The number of hydrogen-bond acceptors (Lipinski definition) is 3. The van der Waals surface area contributed by atoms with E-state index in [2.05, 4.69) is 0 Å². The van der Waals surface area contributed by atoms with Crippen LogP contribution in [0.3, 0.4) is 0 Å². The molecule has 0 fully saturated rings. The number of ether oxygens (including phenoxy) is 1. The van der Waals surface area contributed by atoms with Crippen LogP contribution in [0.25, 0.3) is 0 Å². The van der Waals surface area contributed by atoms with Gasteiger partial charge in [-0.15, -0.1) is 0 Å². The lowest BCUT2D eigenvalue weighted by Crippen LogP contribution is -2.26. The van der Waals surface area contributed by atoms with Gasteiger partial charge in [0.15, 0.2) is 0 Å². The molecule has 2 rings (SSSR count). The summed E-state index contributed by atoms with van der Waals surface area (Å²) >= 11 is 0. The fourth-order valence-electron chi connectivity index (χ4n) is 2.18. The van der Waals surface area contributed by atoms with Crippen LogP contribution in [-0.2, 0) is 6.54 Å². The highest BCUT2D eigenvalue weighted by Crippen LogP contribution is 2.17. The first kappa shape index (κ1) is 15.9. The summed E-state index contributed by atoms with van der Waals surface area (Å²) in [7, 11) is 1.79. The molecule has 4 heteroatoms. The minimum Gasteiger partial charge on any atom is -0.491 e. The van der Waals surface area contributed by atoms with Gasteiger partial charge in [0.1, 0.15) is 5.75 Å². The van der Waals surface area contributed by atoms with Gasteiger partial charge in [-0.3, -0.25) is 4.79 Å². The SMILES string of the molecule is CC(C)Oc1cccc(CN(C)C(=O)c2ccc(N)cc2)c1. The molecule has 2 aromatic rings. The average molecular weight is 298 g/mol. The number of nitrogens with two attached hydrogens (primary N) is 1. The predicted octanol–water partition coefficient (Wildman–Crippen LogP) is 3.33. The van der Waals surface area contributed by atoms with Crippen molar-refractivity contribution in [3.05, 3.63) is 59.7 Å². The molecular weight excluding hydrogens is 276 g/mol. The van der Waals surface area contributed by atoms with E-state index in [1.807, 2.05) is 38.1 Å². The van der Waals surface area contributed by atoms with Crippen LogP contribution in [0.15, 0.2) is 48.5 Å². The Bertz CT molecular complexity index is 636. The average Bonchev–Trinajstić information content (AvgIpc) is 2.47. The third-order valence-corrected chi connectivity index (χ3v) is 3.19. The number of benzene rings is 2. The second-order valence-electron chi connectivity index (χ2n) is 5.60. The number of amides is 1. The topological polar surface area (TPSA) is 55.6 Å². The van der Waals surface area contributed by atoms with Crippen molar-refractivity contribution in [2.24, 2.45) is 0 Å². The van der Waals surface area contributed by atoms with E-state index in [0.29, 0.717) is 17.8 Å². The van der Waals surface area contributed by atoms with Gasteiger partial charge >= 0.3 is 0 Å². The molecule has 2 aromatic carbocycles. The molecule has 0 radical (unpaired) electrons. The van der Waals surface area contributed by atoms with Crippen molar-refractivity contribution in [3.63, 3.8) is 0 Å². The number of nitrogen functional groups attached to an aromatic ring is 1. The number of carbonyl (C=O) groups is 1. The summed E-state index contributed by atoms with van der Waals surface area (Å²) in [6.07, 6.45) is 0.129. The molecule has 0 saturated carbocycles. The second kappa shape index (κ2) is 6.98. The van der Waals surface area contributed by atoms with Crippen LogP contribution in [0.5, 0.6) is 5.75 Å². The van der Waals surface area contributed by atoms with Crippen LogP contribution >= 0.6 is 0 Å². The molecule has 0 heterocycles. The standard InChI is InChI=1S/C18H22N2O2/c1-13(2)22-17-6-4-5-14(11-17)12-20(3)18(21)15-7-9-16(19)10-8-15/h4-11,13H,12,19H2,1-3H3. The Balaban J connectivity index is 2.06. The zero-order chi connectivity index (χ0) is 16.1. The minimum absolute atomic E-state index is 0.0322. The Labute approximate surface area is 131 Å². The molecule has 2 N–H and O–H groups in total. The Kier molecular flexibility index (Phi) is 5.04. The second-order valence-corrected chi connectivity index (χ2v) is 5.60. The Morgan fingerprint density at radius 2 is 1.86 bits per heavy atom. The van der Waals surface area contributed by atoms with Gasteiger partial charge in [0, 0.05) is 24.8 Å². The molecule has 0 unspecified atom stereocenters. The maximum absolute atomic E-state index is 12.4. The van der Waals surface area contributed by atoms with Gasteiger partial charge in [0.2, 0.25) is 0 Å². The zero-order valence-electron chi connectivity index (χ0n) is 13.2. The summed E-state index contributed by atoms with van der Waals surface area (Å²) in [5.74, 6) is 0.788. The van der Waals surface area contributed by atoms with E-state index in [0.717, 1.165) is 11.3 Å². The lowest BCUT2D eigenvalue weighted by atomic mass is 10.1. The predicted molar refractivity (Wildman–Crippen MR) is 88.9 cm³/mol. The number of rotatable bonds is 5. The van der Waals surface area contributed by atoms with Crippen LogP contribution < -0.4 is 10.5 Å². The molecule has 4 nitrogen and oxygen atoms in total. The molecule has 0 bridgehead atoms. The van der Waals surface area contributed by atoms with Crippen molar-refractivity contribution < 1.29 is 9.53 Å². The van der Waals surface area contributed by atoms with E-state index in [-0.39, 0.29) is 12.0 Å². The highest BCUT2D eigenvalue weighted by molar-refractivity contribution is 5.94. The first-order chi connectivity index (χ1) is 10.5. The molecule has 0 aliphatic carbocycles. The van der Waals surface area contributed by atoms with Gasteiger partial charge in [-0.05, 0) is 55.8 Å². The lowest BCUT2D eigenvalue weighted by Gasteiger charge is -2.18. The van der Waals surface area contributed by atoms with Gasteiger partial charge in [-0.25, -0.2) is 0 Å². The summed E-state index contributed by atoms with van der Waals surface area (Å²) in [5.41, 5.74) is 7.96. The summed E-state index contributed by atoms with van der Waals surface area (Å²) < 4.78 is 5.68. The van der Waals surface area contributed by atoms with E-state index in [4.69, 9.17) is 10.5 Å². The maximum atomic E-state index is 12.4. The van der Waals surface area contributed by atoms with Gasteiger partial charge in [0.05, 0.1) is 6.10 Å². The maximum Gasteiger partial charge on any atom is 0.253 e. The fourth-order valence-corrected chi connectivity index (χ4v) is 2.18. The third-order valence-electron chi connectivity index (χ3n) is 3.19. The summed E-state index contributed by atoms with van der Waals surface area (Å²) in [6.45, 7) is 4.51. The molecule has 0 saturated heterocycles. The van der Waals surface area contributed by atoms with Crippen LogP contribution in [-0.4, -0.2) is 24.0 Å². The molecule has 22 heavy (non-hydrogen) atoms. The largest absolute Gasteiger partial charge is 0.491 e. The summed E-state index contributed by atoms with van der Waals surface area (Å²) in [4.78, 5) is 14.1. The fraction of sp³-hybridized carbons (Fsp3) is 0.278. The quantitative estimate of drug-likeness (QED) is 0.861. The normalized spacial score (nSPS) is 10.5. The monoisotopic (exact) mass is 298 g/mol. The van der Waals surface area contributed by atoms with Crippen molar-refractivity contribution in [2.75, 3.05) is 12.8 Å². The van der Waals surface area contributed by atoms with Gasteiger partial charge in [-0.1, -0.05) is 12.1 Å². The molecule has 0 spiro atoms. The van der Waals surface area contributed by atoms with E-state index in [1.54, 1.807) is 36.2 Å². The molecular formula is C18H22N2O2. The van der Waals surface area contributed by atoms with Crippen LogP contribution in [0.2, 0.25) is 0 Å². The van der Waals surface area contributed by atoms with Crippen molar-refractivity contribution in [1.29, 1.82) is 0 Å². The molecule has 0 aromatic heterocycles. The van der Waals surface area contributed by atoms with E-state index in [1.165, 1.54) is 0 Å². The van der Waals surface area contributed by atoms with E-state index < -0.39 is 0 Å². The highest BCUT2D eigenvalue weighted by atomic mass is 16.5. The first-order valence-electron chi connectivity index (χ1n) is 7.32. The smallest absolute Gasteiger partial charge is 0.253 e. The van der Waals surface area contributed by atoms with Crippen molar-refractivity contribution in [1.82, 2.24) is 4.90 Å². The number of hydrogen-bond donors (Lipinski definition) is 1. The van der Waals surface area contributed by atoms with E-state index in [9.17, 15) is 4.79 Å². The molecule has 0 aliphatic rings. The Hall–Kier alpha value is -2.49. The summed E-state index contributed by atoms with van der Waals surface area (Å²) in [6, 6.07) is 14.8. The van der Waals surface area contributed by atoms with Gasteiger partial charge in [-0.2, -0.15) is 0 Å². The zero-order valence-corrected chi connectivity index (χ0v) is 13.2. The van der Waals surface area contributed by atoms with Crippen molar-refractivity contribution in [2.45, 2.75) is 26.5 Å². The van der Waals surface area contributed by atoms with Crippen LogP contribution in [0.4, 0.5) is 5.69 Å². The van der Waals surface area contributed by atoms with E-state index >= 15 is 0 Å². The molecule has 116 valence electrons. The minimum atomic E-state index is -0.0322. The van der Waals surface area contributed by atoms with Gasteiger partial charge in [0.25, 0.3) is 5.91 Å². The first-order valence-corrected chi connectivity index (χ1v) is 7.32. The number of nitrogens with zero attached hydrogens (tertiary/aromatic N) is 1. The number of anilines is 1. The Morgan fingerprint density at radius 3 is 2.50 bits per heavy atom.